The summed E-state index contributed by atoms with van der Waals surface area (Å²) in [7, 11) is 0. The van der Waals surface area contributed by atoms with Gasteiger partial charge in [0.05, 0.1) is 11.3 Å². The van der Waals surface area contributed by atoms with Crippen molar-refractivity contribution in [2.24, 2.45) is 0 Å². The van der Waals surface area contributed by atoms with Gasteiger partial charge in [-0.2, -0.15) is 15.1 Å². The predicted octanol–water partition coefficient (Wildman–Crippen LogP) is 5.01. The van der Waals surface area contributed by atoms with E-state index < -0.39 is 23.0 Å². The highest BCUT2D eigenvalue weighted by molar-refractivity contribution is 6.32. The van der Waals surface area contributed by atoms with Gasteiger partial charge in [-0.15, -0.1) is 0 Å². The van der Waals surface area contributed by atoms with E-state index in [2.05, 4.69) is 15.1 Å². The highest BCUT2D eigenvalue weighted by Crippen LogP contribution is 2.39. The maximum Gasteiger partial charge on any atom is 0.253 e. The second-order valence-electron chi connectivity index (χ2n) is 6.01. The summed E-state index contributed by atoms with van der Waals surface area (Å²) in [6.07, 6.45) is 1.28. The molecule has 0 radical (unpaired) electrons. The lowest BCUT2D eigenvalue weighted by molar-refractivity contribution is 0.547. The molecule has 0 aliphatic carbocycles. The Morgan fingerprint density at radius 1 is 1.00 bits per heavy atom. The number of nitrogens with zero attached hydrogens (tertiary/aromatic N) is 4. The van der Waals surface area contributed by atoms with Gasteiger partial charge in [-0.3, -0.25) is 0 Å². The van der Waals surface area contributed by atoms with Crippen LogP contribution in [0.4, 0.5) is 13.2 Å². The zero-order valence-electron chi connectivity index (χ0n) is 14.0. The van der Waals surface area contributed by atoms with Crippen LogP contribution >= 0.6 is 11.6 Å². The van der Waals surface area contributed by atoms with Crippen molar-refractivity contribution in [1.29, 1.82) is 0 Å². The van der Waals surface area contributed by atoms with Gasteiger partial charge >= 0.3 is 0 Å². The minimum atomic E-state index is -1.07. The molecule has 0 fully saturated rings. The fourth-order valence-electron chi connectivity index (χ4n) is 3.15. The third kappa shape index (κ3) is 2.94. The first-order valence-electron chi connectivity index (χ1n) is 8.06. The van der Waals surface area contributed by atoms with E-state index in [0.717, 1.165) is 5.56 Å². The molecule has 1 unspecified atom stereocenters. The molecule has 0 aliphatic rings. The molecule has 136 valence electrons. The molecule has 0 bridgehead atoms. The summed E-state index contributed by atoms with van der Waals surface area (Å²) < 4.78 is 43.9. The number of hydrogen-bond donors (Lipinski definition) is 0. The maximum absolute atomic E-state index is 14.5. The molecule has 0 saturated heterocycles. The van der Waals surface area contributed by atoms with Crippen molar-refractivity contribution in [2.75, 3.05) is 0 Å². The van der Waals surface area contributed by atoms with Crippen molar-refractivity contribution >= 4 is 17.4 Å². The number of fused-ring (bicyclic) bond motifs is 1. The van der Waals surface area contributed by atoms with Crippen LogP contribution in [0.3, 0.4) is 0 Å². The molecule has 0 spiro atoms. The van der Waals surface area contributed by atoms with Gasteiger partial charge in [0, 0.05) is 23.6 Å². The van der Waals surface area contributed by atoms with Gasteiger partial charge in [0.2, 0.25) is 0 Å². The SMILES string of the molecule is CC(c1ccccc1)c1c(-c2c(F)cc(F)cc2F)c(Cl)nc2ncnn12. The number of hydrogen-bond acceptors (Lipinski definition) is 3. The smallest absolute Gasteiger partial charge is 0.207 e. The van der Waals surface area contributed by atoms with E-state index in [1.54, 1.807) is 0 Å². The number of benzene rings is 2. The summed E-state index contributed by atoms with van der Waals surface area (Å²) in [4.78, 5) is 8.10. The third-order valence-corrected chi connectivity index (χ3v) is 4.66. The highest BCUT2D eigenvalue weighted by atomic mass is 35.5. The molecular weight excluding hydrogens is 377 g/mol. The Morgan fingerprint density at radius 3 is 2.33 bits per heavy atom. The Hall–Kier alpha value is -2.93. The minimum Gasteiger partial charge on any atom is -0.207 e. The zero-order chi connectivity index (χ0) is 19.1. The van der Waals surface area contributed by atoms with Gasteiger partial charge in [0.1, 0.15) is 28.9 Å². The third-order valence-electron chi connectivity index (χ3n) is 4.39. The molecule has 27 heavy (non-hydrogen) atoms. The Morgan fingerprint density at radius 2 is 1.67 bits per heavy atom. The average molecular weight is 389 g/mol. The van der Waals surface area contributed by atoms with E-state index in [-0.39, 0.29) is 22.4 Å². The fraction of sp³-hybridized carbons (Fsp3) is 0.105. The van der Waals surface area contributed by atoms with Gasteiger partial charge in [-0.1, -0.05) is 48.9 Å². The standard InChI is InChI=1S/C19H12ClF3N4/c1-10(11-5-3-2-4-6-11)17-16(15-13(22)7-12(21)8-14(15)23)18(20)26-19-24-9-25-27(17)19/h2-10H,1H3. The lowest BCUT2D eigenvalue weighted by Gasteiger charge is -2.19. The van der Waals surface area contributed by atoms with E-state index in [0.29, 0.717) is 17.8 Å². The summed E-state index contributed by atoms with van der Waals surface area (Å²) in [5, 5.41) is 3.99. The van der Waals surface area contributed by atoms with Gasteiger partial charge in [-0.05, 0) is 5.56 Å². The van der Waals surface area contributed by atoms with Crippen molar-refractivity contribution in [2.45, 2.75) is 12.8 Å². The molecule has 2 heterocycles. The van der Waals surface area contributed by atoms with Crippen LogP contribution in [-0.4, -0.2) is 19.6 Å². The van der Waals surface area contributed by atoms with Crippen molar-refractivity contribution in [3.63, 3.8) is 0 Å². The normalized spacial score (nSPS) is 12.5. The second-order valence-corrected chi connectivity index (χ2v) is 6.37. The summed E-state index contributed by atoms with van der Waals surface area (Å²) in [5.41, 5.74) is 0.837. The van der Waals surface area contributed by atoms with Crippen LogP contribution in [0.2, 0.25) is 5.15 Å². The summed E-state index contributed by atoms with van der Waals surface area (Å²) >= 11 is 6.30. The summed E-state index contributed by atoms with van der Waals surface area (Å²) in [6, 6.07) is 10.5. The van der Waals surface area contributed by atoms with Gasteiger partial charge in [-0.25, -0.2) is 17.7 Å². The zero-order valence-corrected chi connectivity index (χ0v) is 14.8. The quantitative estimate of drug-likeness (QED) is 0.463. The van der Waals surface area contributed by atoms with E-state index in [1.165, 1.54) is 10.8 Å². The van der Waals surface area contributed by atoms with Crippen LogP contribution in [0.25, 0.3) is 16.9 Å². The van der Waals surface area contributed by atoms with E-state index in [1.807, 2.05) is 37.3 Å². The van der Waals surface area contributed by atoms with Crippen molar-refractivity contribution < 1.29 is 13.2 Å². The van der Waals surface area contributed by atoms with Crippen LogP contribution in [0, 0.1) is 17.5 Å². The van der Waals surface area contributed by atoms with Gasteiger partial charge in [0.25, 0.3) is 5.78 Å². The monoisotopic (exact) mass is 388 g/mol. The molecule has 4 aromatic rings. The van der Waals surface area contributed by atoms with Crippen molar-refractivity contribution in [3.8, 4) is 11.1 Å². The number of aromatic nitrogens is 4. The summed E-state index contributed by atoms with van der Waals surface area (Å²) in [5.74, 6) is -3.31. The first-order valence-corrected chi connectivity index (χ1v) is 8.44. The highest BCUT2D eigenvalue weighted by Gasteiger charge is 2.27. The molecule has 4 nitrogen and oxygen atoms in total. The van der Waals surface area contributed by atoms with Crippen LogP contribution in [0.15, 0.2) is 48.8 Å². The topological polar surface area (TPSA) is 43.1 Å². The Balaban J connectivity index is 2.09. The van der Waals surface area contributed by atoms with Crippen LogP contribution < -0.4 is 0 Å². The lowest BCUT2D eigenvalue weighted by Crippen LogP contribution is -2.11. The van der Waals surface area contributed by atoms with Gasteiger partial charge in [0.15, 0.2) is 0 Å². The molecule has 0 aliphatic heterocycles. The summed E-state index contributed by atoms with van der Waals surface area (Å²) in [6.45, 7) is 1.85. The van der Waals surface area contributed by atoms with Crippen molar-refractivity contribution in [3.05, 3.63) is 82.7 Å². The first kappa shape index (κ1) is 17.5. The molecular formula is C19H12ClF3N4. The maximum atomic E-state index is 14.5. The predicted molar refractivity (Wildman–Crippen MR) is 95.1 cm³/mol. The second kappa shape index (κ2) is 6.66. The molecule has 2 aromatic carbocycles. The Kier molecular flexibility index (Phi) is 4.31. The molecule has 4 rings (SSSR count). The van der Waals surface area contributed by atoms with E-state index >= 15 is 0 Å². The molecule has 0 saturated carbocycles. The minimum absolute atomic E-state index is 0.0148. The molecule has 2 aromatic heterocycles. The Labute approximate surface area is 157 Å². The van der Waals surface area contributed by atoms with Crippen molar-refractivity contribution in [1.82, 2.24) is 19.6 Å². The average Bonchev–Trinajstić information content (AvgIpc) is 3.09. The molecule has 1 atom stereocenters. The fourth-order valence-corrected chi connectivity index (χ4v) is 3.42. The number of rotatable bonds is 3. The van der Waals surface area contributed by atoms with Crippen LogP contribution in [-0.2, 0) is 0 Å². The Bertz CT molecular complexity index is 1120. The van der Waals surface area contributed by atoms with E-state index in [9.17, 15) is 13.2 Å². The first-order chi connectivity index (χ1) is 13.0. The van der Waals surface area contributed by atoms with E-state index in [4.69, 9.17) is 11.6 Å². The lowest BCUT2D eigenvalue weighted by atomic mass is 9.91. The van der Waals surface area contributed by atoms with Crippen LogP contribution in [0.5, 0.6) is 0 Å². The van der Waals surface area contributed by atoms with Crippen LogP contribution in [0.1, 0.15) is 24.1 Å². The number of halogens is 4. The van der Waals surface area contributed by atoms with Gasteiger partial charge < -0.3 is 0 Å². The largest absolute Gasteiger partial charge is 0.253 e. The molecule has 8 heteroatoms. The molecule has 0 amide bonds. The molecule has 0 N–H and O–H groups in total.